The van der Waals surface area contributed by atoms with Crippen LogP contribution in [0.2, 0.25) is 0 Å². The minimum atomic E-state index is 0.127. The van der Waals surface area contributed by atoms with Gasteiger partial charge in [-0.05, 0) is 12.3 Å². The number of nitrogen functional groups attached to an aromatic ring is 1. The Morgan fingerprint density at radius 3 is 2.71 bits per heavy atom. The number of fused-ring (bicyclic) bond motifs is 1. The third-order valence-corrected chi connectivity index (χ3v) is 2.95. The molecular formula is C11H18N6. The predicted octanol–water partition coefficient (Wildman–Crippen LogP) is 1.78. The molecule has 4 N–H and O–H groups in total. The average molecular weight is 234 g/mol. The molecule has 0 radical (unpaired) electrons. The summed E-state index contributed by atoms with van der Waals surface area (Å²) in [6.45, 7) is 8.60. The van der Waals surface area contributed by atoms with Crippen LogP contribution in [0.15, 0.2) is 6.33 Å². The van der Waals surface area contributed by atoms with E-state index in [1.807, 2.05) is 0 Å². The predicted molar refractivity (Wildman–Crippen MR) is 68.6 cm³/mol. The molecule has 2 heterocycles. The third kappa shape index (κ3) is 2.30. The van der Waals surface area contributed by atoms with E-state index >= 15 is 0 Å². The van der Waals surface area contributed by atoms with Crippen LogP contribution in [-0.4, -0.2) is 26.0 Å². The van der Waals surface area contributed by atoms with Gasteiger partial charge in [0.1, 0.15) is 5.52 Å². The van der Waals surface area contributed by atoms with E-state index < -0.39 is 0 Å². The van der Waals surface area contributed by atoms with Crippen LogP contribution in [0.5, 0.6) is 0 Å². The second kappa shape index (κ2) is 3.87. The van der Waals surface area contributed by atoms with E-state index in [0.29, 0.717) is 11.5 Å². The number of aromatic amines is 1. The summed E-state index contributed by atoms with van der Waals surface area (Å²) in [5.41, 5.74) is 7.16. The molecule has 0 spiro atoms. The maximum Gasteiger partial charge on any atom is 0.224 e. The third-order valence-electron chi connectivity index (χ3n) is 2.95. The standard InChI is InChI=1S/C11H18N6/c1-6(11(2,3)4)15-9-7-8(14-5-13-7)16-10(12)17-9/h5-6H,1-4H3,(H4,12,13,14,15,16,17)/t6-/m0/s1. The molecule has 0 saturated carbocycles. The highest BCUT2D eigenvalue weighted by atomic mass is 15.1. The molecule has 6 nitrogen and oxygen atoms in total. The number of hydrogen-bond donors (Lipinski definition) is 3. The van der Waals surface area contributed by atoms with Gasteiger partial charge in [0.25, 0.3) is 0 Å². The molecule has 2 aromatic heterocycles. The van der Waals surface area contributed by atoms with E-state index in [1.165, 1.54) is 0 Å². The molecule has 2 aromatic rings. The highest BCUT2D eigenvalue weighted by Gasteiger charge is 2.21. The lowest BCUT2D eigenvalue weighted by Crippen LogP contribution is -2.31. The molecular weight excluding hydrogens is 216 g/mol. The molecule has 0 aliphatic carbocycles. The zero-order valence-electron chi connectivity index (χ0n) is 10.6. The van der Waals surface area contributed by atoms with Crippen molar-refractivity contribution in [1.29, 1.82) is 0 Å². The summed E-state index contributed by atoms with van der Waals surface area (Å²) in [7, 11) is 0. The molecule has 0 aliphatic heterocycles. The molecule has 0 unspecified atom stereocenters. The van der Waals surface area contributed by atoms with Crippen LogP contribution in [-0.2, 0) is 0 Å². The van der Waals surface area contributed by atoms with Crippen molar-refractivity contribution in [1.82, 2.24) is 19.9 Å². The van der Waals surface area contributed by atoms with E-state index in [0.717, 1.165) is 5.52 Å². The molecule has 1 atom stereocenters. The first-order valence-electron chi connectivity index (χ1n) is 5.61. The van der Waals surface area contributed by atoms with Crippen LogP contribution in [0.25, 0.3) is 11.2 Å². The van der Waals surface area contributed by atoms with Crippen molar-refractivity contribution in [2.24, 2.45) is 5.41 Å². The zero-order chi connectivity index (χ0) is 12.6. The Morgan fingerprint density at radius 1 is 1.35 bits per heavy atom. The van der Waals surface area contributed by atoms with Crippen molar-refractivity contribution in [3.05, 3.63) is 6.33 Å². The largest absolute Gasteiger partial charge is 0.368 e. The van der Waals surface area contributed by atoms with Crippen LogP contribution in [0.3, 0.4) is 0 Å². The van der Waals surface area contributed by atoms with Gasteiger partial charge in [0.05, 0.1) is 6.33 Å². The minimum absolute atomic E-state index is 0.127. The molecule has 0 fully saturated rings. The number of nitrogens with zero attached hydrogens (tertiary/aromatic N) is 3. The number of hydrogen-bond acceptors (Lipinski definition) is 5. The van der Waals surface area contributed by atoms with Crippen LogP contribution in [0, 0.1) is 5.41 Å². The maximum absolute atomic E-state index is 5.66. The van der Waals surface area contributed by atoms with Gasteiger partial charge >= 0.3 is 0 Å². The van der Waals surface area contributed by atoms with Gasteiger partial charge in [0, 0.05) is 6.04 Å². The Hall–Kier alpha value is -1.85. The summed E-state index contributed by atoms with van der Waals surface area (Å²) in [6.07, 6.45) is 1.59. The lowest BCUT2D eigenvalue weighted by atomic mass is 9.88. The fourth-order valence-electron chi connectivity index (χ4n) is 1.38. The molecule has 0 bridgehead atoms. The first-order valence-corrected chi connectivity index (χ1v) is 5.61. The summed E-state index contributed by atoms with van der Waals surface area (Å²) in [4.78, 5) is 15.4. The molecule has 0 saturated heterocycles. The topological polar surface area (TPSA) is 92.5 Å². The number of rotatable bonds is 2. The van der Waals surface area contributed by atoms with E-state index in [1.54, 1.807) is 6.33 Å². The fourth-order valence-corrected chi connectivity index (χ4v) is 1.38. The van der Waals surface area contributed by atoms with E-state index in [4.69, 9.17) is 5.73 Å². The monoisotopic (exact) mass is 234 g/mol. The molecule has 0 amide bonds. The van der Waals surface area contributed by atoms with Gasteiger partial charge in [0.15, 0.2) is 11.5 Å². The lowest BCUT2D eigenvalue weighted by molar-refractivity contribution is 0.359. The summed E-state index contributed by atoms with van der Waals surface area (Å²) in [5, 5.41) is 3.34. The number of nitrogens with one attached hydrogen (secondary N) is 2. The molecule has 2 rings (SSSR count). The van der Waals surface area contributed by atoms with Gasteiger partial charge in [-0.25, -0.2) is 4.98 Å². The molecule has 17 heavy (non-hydrogen) atoms. The second-order valence-electron chi connectivity index (χ2n) is 5.26. The number of H-pyrrole nitrogens is 1. The fraction of sp³-hybridized carbons (Fsp3) is 0.545. The van der Waals surface area contributed by atoms with Crippen molar-refractivity contribution < 1.29 is 0 Å². The van der Waals surface area contributed by atoms with Gasteiger partial charge in [-0.15, -0.1) is 0 Å². The SMILES string of the molecule is C[C@H](Nc1nc(N)nc2[nH]cnc12)C(C)(C)C. The van der Waals surface area contributed by atoms with Crippen molar-refractivity contribution >= 4 is 22.9 Å². The Balaban J connectivity index is 2.38. The zero-order valence-corrected chi connectivity index (χ0v) is 10.6. The van der Waals surface area contributed by atoms with Crippen molar-refractivity contribution in [2.75, 3.05) is 11.1 Å². The molecule has 0 aliphatic rings. The smallest absolute Gasteiger partial charge is 0.224 e. The Morgan fingerprint density at radius 2 is 2.06 bits per heavy atom. The Kier molecular flexibility index (Phi) is 2.65. The van der Waals surface area contributed by atoms with E-state index in [-0.39, 0.29) is 17.4 Å². The van der Waals surface area contributed by atoms with E-state index in [2.05, 4.69) is 52.9 Å². The van der Waals surface area contributed by atoms with Crippen molar-refractivity contribution in [3.8, 4) is 0 Å². The maximum atomic E-state index is 5.66. The number of anilines is 2. The van der Waals surface area contributed by atoms with Gasteiger partial charge in [-0.3, -0.25) is 0 Å². The van der Waals surface area contributed by atoms with Crippen molar-refractivity contribution in [2.45, 2.75) is 33.7 Å². The Labute approximate surface area is 100 Å². The van der Waals surface area contributed by atoms with Crippen LogP contribution in [0.1, 0.15) is 27.7 Å². The van der Waals surface area contributed by atoms with Crippen molar-refractivity contribution in [3.63, 3.8) is 0 Å². The summed E-state index contributed by atoms with van der Waals surface area (Å²) in [5.74, 6) is 0.918. The van der Waals surface area contributed by atoms with Gasteiger partial charge < -0.3 is 16.0 Å². The highest BCUT2D eigenvalue weighted by molar-refractivity contribution is 5.83. The summed E-state index contributed by atoms with van der Waals surface area (Å²) < 4.78 is 0. The quantitative estimate of drug-likeness (QED) is 0.736. The van der Waals surface area contributed by atoms with Gasteiger partial charge in [-0.1, -0.05) is 20.8 Å². The summed E-state index contributed by atoms with van der Waals surface area (Å²) >= 11 is 0. The first kappa shape index (κ1) is 11.6. The number of nitrogens with two attached hydrogens (primary N) is 1. The van der Waals surface area contributed by atoms with Crippen LogP contribution < -0.4 is 11.1 Å². The Bertz CT molecular complexity index is 524. The first-order chi connectivity index (χ1) is 7.88. The number of imidazole rings is 1. The molecule has 92 valence electrons. The molecule has 0 aromatic carbocycles. The highest BCUT2D eigenvalue weighted by Crippen LogP contribution is 2.25. The van der Waals surface area contributed by atoms with Gasteiger partial charge in [0.2, 0.25) is 5.95 Å². The van der Waals surface area contributed by atoms with Crippen LogP contribution in [0.4, 0.5) is 11.8 Å². The average Bonchev–Trinajstić information content (AvgIpc) is 2.63. The number of aromatic nitrogens is 4. The normalized spacial score (nSPS) is 13.9. The minimum Gasteiger partial charge on any atom is -0.368 e. The van der Waals surface area contributed by atoms with E-state index in [9.17, 15) is 0 Å². The van der Waals surface area contributed by atoms with Crippen LogP contribution >= 0.6 is 0 Å². The second-order valence-corrected chi connectivity index (χ2v) is 5.26. The summed E-state index contributed by atoms with van der Waals surface area (Å²) in [6, 6.07) is 0.247. The lowest BCUT2D eigenvalue weighted by Gasteiger charge is -2.28. The van der Waals surface area contributed by atoms with Gasteiger partial charge in [-0.2, -0.15) is 9.97 Å². The molecule has 6 heteroatoms.